The molecule has 1 aromatic rings. The molecule has 0 radical (unpaired) electrons. The molecule has 0 amide bonds. The van der Waals surface area contributed by atoms with Crippen molar-refractivity contribution in [2.24, 2.45) is 0 Å². The Kier molecular flexibility index (Phi) is 3.56. The second kappa shape index (κ2) is 4.70. The van der Waals surface area contributed by atoms with E-state index in [1.165, 1.54) is 0 Å². The average molecular weight is 205 g/mol. The number of hydrogen-bond donors (Lipinski definition) is 0. The van der Waals surface area contributed by atoms with Gasteiger partial charge < -0.3 is 9.47 Å². The second-order valence-electron chi connectivity index (χ2n) is 3.37. The highest BCUT2D eigenvalue weighted by Gasteiger charge is 2.14. The fraction of sp³-hybridized carbons (Fsp3) is 0.417. The van der Waals surface area contributed by atoms with Crippen molar-refractivity contribution in [2.45, 2.75) is 20.3 Å². The van der Waals surface area contributed by atoms with Gasteiger partial charge in [-0.3, -0.25) is 0 Å². The van der Waals surface area contributed by atoms with Crippen molar-refractivity contribution in [3.63, 3.8) is 0 Å². The first-order chi connectivity index (χ1) is 7.15. The van der Waals surface area contributed by atoms with Crippen LogP contribution in [-0.4, -0.2) is 14.2 Å². The SMILES string of the molecule is COc1cc(C)c(C)c(CC#N)c1OC. The van der Waals surface area contributed by atoms with Gasteiger partial charge in [0.05, 0.1) is 26.7 Å². The summed E-state index contributed by atoms with van der Waals surface area (Å²) in [5.41, 5.74) is 3.11. The number of benzene rings is 1. The summed E-state index contributed by atoms with van der Waals surface area (Å²) in [5.74, 6) is 1.35. The molecule has 3 heteroatoms. The predicted octanol–water partition coefficient (Wildman–Crippen LogP) is 2.39. The van der Waals surface area contributed by atoms with Crippen molar-refractivity contribution in [1.29, 1.82) is 5.26 Å². The first-order valence-electron chi connectivity index (χ1n) is 4.73. The Balaban J connectivity index is 3.43. The number of aryl methyl sites for hydroxylation is 1. The fourth-order valence-corrected chi connectivity index (χ4v) is 1.59. The van der Waals surface area contributed by atoms with E-state index >= 15 is 0 Å². The number of nitrogens with zero attached hydrogens (tertiary/aromatic N) is 1. The van der Waals surface area contributed by atoms with E-state index in [0.717, 1.165) is 16.7 Å². The fourth-order valence-electron chi connectivity index (χ4n) is 1.59. The lowest BCUT2D eigenvalue weighted by atomic mass is 9.99. The predicted molar refractivity (Wildman–Crippen MR) is 58.3 cm³/mol. The maximum absolute atomic E-state index is 8.77. The van der Waals surface area contributed by atoms with Crippen LogP contribution in [0, 0.1) is 25.2 Å². The molecule has 15 heavy (non-hydrogen) atoms. The summed E-state index contributed by atoms with van der Waals surface area (Å²) in [7, 11) is 3.19. The molecule has 1 aromatic carbocycles. The van der Waals surface area contributed by atoms with Gasteiger partial charge in [-0.05, 0) is 31.0 Å². The Morgan fingerprint density at radius 1 is 1.27 bits per heavy atom. The minimum Gasteiger partial charge on any atom is -0.493 e. The van der Waals surface area contributed by atoms with E-state index in [9.17, 15) is 0 Å². The van der Waals surface area contributed by atoms with Gasteiger partial charge in [0, 0.05) is 5.56 Å². The Morgan fingerprint density at radius 3 is 2.40 bits per heavy atom. The summed E-state index contributed by atoms with van der Waals surface area (Å²) >= 11 is 0. The Bertz CT molecular complexity index is 405. The summed E-state index contributed by atoms with van der Waals surface area (Å²) in [6.45, 7) is 3.99. The summed E-state index contributed by atoms with van der Waals surface area (Å²) in [4.78, 5) is 0. The van der Waals surface area contributed by atoms with Crippen LogP contribution in [0.5, 0.6) is 11.5 Å². The zero-order valence-corrected chi connectivity index (χ0v) is 9.55. The second-order valence-corrected chi connectivity index (χ2v) is 3.37. The molecule has 0 saturated carbocycles. The van der Waals surface area contributed by atoms with Crippen LogP contribution in [0.4, 0.5) is 0 Å². The largest absolute Gasteiger partial charge is 0.493 e. The molecule has 0 unspecified atom stereocenters. The first-order valence-corrected chi connectivity index (χ1v) is 4.73. The van der Waals surface area contributed by atoms with E-state index in [4.69, 9.17) is 14.7 Å². The lowest BCUT2D eigenvalue weighted by molar-refractivity contribution is 0.351. The zero-order chi connectivity index (χ0) is 11.4. The van der Waals surface area contributed by atoms with Gasteiger partial charge in [0.25, 0.3) is 0 Å². The van der Waals surface area contributed by atoms with Gasteiger partial charge in [-0.1, -0.05) is 0 Å². The normalized spacial score (nSPS) is 9.53. The molecule has 0 fully saturated rings. The molecule has 0 heterocycles. The summed E-state index contributed by atoms with van der Waals surface area (Å²) in [6, 6.07) is 4.07. The Hall–Kier alpha value is -1.69. The molecule has 0 aliphatic rings. The standard InChI is InChI=1S/C12H15NO2/c1-8-7-11(14-3)12(15-4)10(5-6-13)9(8)2/h7H,5H2,1-4H3. The molecule has 80 valence electrons. The number of ether oxygens (including phenoxy) is 2. The number of hydrogen-bond acceptors (Lipinski definition) is 3. The lowest BCUT2D eigenvalue weighted by Crippen LogP contribution is -2.00. The molecular weight excluding hydrogens is 190 g/mol. The highest BCUT2D eigenvalue weighted by molar-refractivity contribution is 5.54. The number of methoxy groups -OCH3 is 2. The third-order valence-corrected chi connectivity index (χ3v) is 2.57. The highest BCUT2D eigenvalue weighted by atomic mass is 16.5. The van der Waals surface area contributed by atoms with Gasteiger partial charge >= 0.3 is 0 Å². The van der Waals surface area contributed by atoms with Crippen LogP contribution in [0.1, 0.15) is 16.7 Å². The highest BCUT2D eigenvalue weighted by Crippen LogP contribution is 2.35. The quantitative estimate of drug-likeness (QED) is 0.760. The van der Waals surface area contributed by atoms with Crippen molar-refractivity contribution < 1.29 is 9.47 Å². The minimum atomic E-state index is 0.340. The average Bonchev–Trinajstić information content (AvgIpc) is 2.24. The minimum absolute atomic E-state index is 0.340. The van der Waals surface area contributed by atoms with Crippen molar-refractivity contribution in [1.82, 2.24) is 0 Å². The Labute approximate surface area is 90.2 Å². The monoisotopic (exact) mass is 205 g/mol. The molecule has 0 N–H and O–H groups in total. The van der Waals surface area contributed by atoms with Crippen LogP contribution in [0.3, 0.4) is 0 Å². The van der Waals surface area contributed by atoms with Crippen molar-refractivity contribution in [2.75, 3.05) is 14.2 Å². The molecule has 3 nitrogen and oxygen atoms in total. The van der Waals surface area contributed by atoms with Crippen LogP contribution in [0.2, 0.25) is 0 Å². The van der Waals surface area contributed by atoms with Crippen LogP contribution >= 0.6 is 0 Å². The molecule has 0 aliphatic heterocycles. The first kappa shape index (κ1) is 11.4. The van der Waals surface area contributed by atoms with Crippen LogP contribution < -0.4 is 9.47 Å². The Morgan fingerprint density at radius 2 is 1.93 bits per heavy atom. The van der Waals surface area contributed by atoms with Crippen molar-refractivity contribution in [3.8, 4) is 17.6 Å². The third kappa shape index (κ3) is 2.04. The van der Waals surface area contributed by atoms with E-state index in [1.54, 1.807) is 14.2 Å². The zero-order valence-electron chi connectivity index (χ0n) is 9.55. The molecule has 0 atom stereocenters. The van der Waals surface area contributed by atoms with Crippen molar-refractivity contribution >= 4 is 0 Å². The van der Waals surface area contributed by atoms with Gasteiger partial charge in [-0.2, -0.15) is 5.26 Å². The van der Waals surface area contributed by atoms with Crippen molar-refractivity contribution in [3.05, 3.63) is 22.8 Å². The smallest absolute Gasteiger partial charge is 0.165 e. The molecule has 0 aliphatic carbocycles. The van der Waals surface area contributed by atoms with E-state index in [2.05, 4.69) is 6.07 Å². The topological polar surface area (TPSA) is 42.2 Å². The third-order valence-electron chi connectivity index (χ3n) is 2.57. The molecule has 0 aromatic heterocycles. The summed E-state index contributed by atoms with van der Waals surface area (Å²) in [5, 5.41) is 8.77. The molecule has 1 rings (SSSR count). The van der Waals surface area contributed by atoms with Gasteiger partial charge in [0.2, 0.25) is 0 Å². The van der Waals surface area contributed by atoms with Gasteiger partial charge in [-0.15, -0.1) is 0 Å². The maximum atomic E-state index is 8.77. The summed E-state index contributed by atoms with van der Waals surface area (Å²) < 4.78 is 10.5. The van der Waals surface area contributed by atoms with Gasteiger partial charge in [-0.25, -0.2) is 0 Å². The molecule has 0 bridgehead atoms. The molecule has 0 saturated heterocycles. The van der Waals surface area contributed by atoms with Crippen LogP contribution in [-0.2, 0) is 6.42 Å². The maximum Gasteiger partial charge on any atom is 0.165 e. The van der Waals surface area contributed by atoms with Gasteiger partial charge in [0.1, 0.15) is 0 Å². The summed E-state index contributed by atoms with van der Waals surface area (Å²) in [6.07, 6.45) is 0.340. The van der Waals surface area contributed by atoms with Crippen LogP contribution in [0.15, 0.2) is 6.07 Å². The van der Waals surface area contributed by atoms with E-state index in [1.807, 2.05) is 19.9 Å². The van der Waals surface area contributed by atoms with E-state index in [0.29, 0.717) is 17.9 Å². The lowest BCUT2D eigenvalue weighted by Gasteiger charge is -2.15. The molecular formula is C12H15NO2. The van der Waals surface area contributed by atoms with Gasteiger partial charge in [0.15, 0.2) is 11.5 Å². The number of rotatable bonds is 3. The van der Waals surface area contributed by atoms with Crippen LogP contribution in [0.25, 0.3) is 0 Å². The molecule has 0 spiro atoms. The van der Waals surface area contributed by atoms with E-state index < -0.39 is 0 Å². The number of nitriles is 1. The van der Waals surface area contributed by atoms with E-state index in [-0.39, 0.29) is 0 Å².